The van der Waals surface area contributed by atoms with E-state index in [0.717, 1.165) is 4.90 Å². The van der Waals surface area contributed by atoms with Crippen LogP contribution in [0, 0.1) is 0 Å². The van der Waals surface area contributed by atoms with Crippen molar-refractivity contribution < 1.29 is 28.6 Å². The van der Waals surface area contributed by atoms with Crippen molar-refractivity contribution in [1.82, 2.24) is 4.90 Å². The molecule has 2 aliphatic heterocycles. The maximum absolute atomic E-state index is 12.8. The lowest BCUT2D eigenvalue weighted by Gasteiger charge is -2.24. The Morgan fingerprint density at radius 3 is 2.25 bits per heavy atom. The van der Waals surface area contributed by atoms with E-state index < -0.39 is 29.6 Å². The van der Waals surface area contributed by atoms with Gasteiger partial charge in [0.15, 0.2) is 11.5 Å². The fraction of sp³-hybridized carbons (Fsp3) is 0.286. The van der Waals surface area contributed by atoms with Crippen LogP contribution in [-0.4, -0.2) is 41.6 Å². The summed E-state index contributed by atoms with van der Waals surface area (Å²) >= 11 is 0. The Morgan fingerprint density at radius 2 is 1.64 bits per heavy atom. The summed E-state index contributed by atoms with van der Waals surface area (Å²) in [7, 11) is 1.23. The van der Waals surface area contributed by atoms with Crippen molar-refractivity contribution in [2.45, 2.75) is 32.1 Å². The molecular formula is C21H19NO6. The van der Waals surface area contributed by atoms with E-state index in [1.807, 2.05) is 0 Å². The van der Waals surface area contributed by atoms with Crippen LogP contribution in [0.25, 0.3) is 0 Å². The molecule has 2 aromatic carbocycles. The minimum Gasteiger partial charge on any atom is -0.467 e. The molecule has 2 aromatic rings. The second-order valence-corrected chi connectivity index (χ2v) is 7.15. The van der Waals surface area contributed by atoms with Gasteiger partial charge in [-0.15, -0.1) is 0 Å². The number of imide groups is 1. The first-order chi connectivity index (χ1) is 13.3. The molecule has 2 aliphatic rings. The van der Waals surface area contributed by atoms with Crippen LogP contribution in [0.5, 0.6) is 11.5 Å². The number of hydrogen-bond acceptors (Lipinski definition) is 6. The second kappa shape index (κ2) is 6.37. The van der Waals surface area contributed by atoms with Crippen LogP contribution in [0.3, 0.4) is 0 Å². The fourth-order valence-electron chi connectivity index (χ4n) is 3.52. The van der Waals surface area contributed by atoms with Gasteiger partial charge in [0.2, 0.25) is 5.79 Å². The van der Waals surface area contributed by atoms with E-state index in [4.69, 9.17) is 14.2 Å². The summed E-state index contributed by atoms with van der Waals surface area (Å²) in [6.45, 7) is 3.59. The topological polar surface area (TPSA) is 82.1 Å². The third-order valence-electron chi connectivity index (χ3n) is 4.76. The molecule has 0 aromatic heterocycles. The summed E-state index contributed by atoms with van der Waals surface area (Å²) in [4.78, 5) is 39.0. The zero-order chi connectivity index (χ0) is 20.1. The van der Waals surface area contributed by atoms with Crippen LogP contribution < -0.4 is 9.47 Å². The van der Waals surface area contributed by atoms with Gasteiger partial charge < -0.3 is 14.2 Å². The molecule has 4 rings (SSSR count). The standard InChI is InChI=1S/C21H19NO6/c1-21(2)27-16-9-8-12(11-17(16)28-21)10-15(20(25)26-3)22-18(23)13-6-4-5-7-14(13)19(22)24/h4-9,11,15H,10H2,1-3H3/t15-/m0/s1. The van der Waals surface area contributed by atoms with Gasteiger partial charge in [-0.2, -0.15) is 0 Å². The second-order valence-electron chi connectivity index (χ2n) is 7.15. The first kappa shape index (κ1) is 18.0. The van der Waals surface area contributed by atoms with E-state index in [1.165, 1.54) is 7.11 Å². The summed E-state index contributed by atoms with van der Waals surface area (Å²) in [5, 5.41) is 0. The summed E-state index contributed by atoms with van der Waals surface area (Å²) in [5.74, 6) is -1.29. The van der Waals surface area contributed by atoms with Crippen molar-refractivity contribution in [3.05, 3.63) is 59.2 Å². The Balaban J connectivity index is 1.65. The van der Waals surface area contributed by atoms with E-state index in [9.17, 15) is 14.4 Å². The minimum absolute atomic E-state index is 0.106. The van der Waals surface area contributed by atoms with Crippen LogP contribution in [-0.2, 0) is 16.0 Å². The average molecular weight is 381 g/mol. The van der Waals surface area contributed by atoms with Crippen molar-refractivity contribution in [1.29, 1.82) is 0 Å². The SMILES string of the molecule is COC(=O)[C@H](Cc1ccc2c(c1)OC(C)(C)O2)N1C(=O)c2ccccc2C1=O. The summed E-state index contributed by atoms with van der Waals surface area (Å²) in [5.41, 5.74) is 1.29. The van der Waals surface area contributed by atoms with Crippen molar-refractivity contribution in [3.8, 4) is 11.5 Å². The Kier molecular flexibility index (Phi) is 4.10. The molecule has 28 heavy (non-hydrogen) atoms. The Morgan fingerprint density at radius 1 is 1.04 bits per heavy atom. The average Bonchev–Trinajstić information content (AvgIpc) is 3.11. The van der Waals surface area contributed by atoms with Crippen molar-refractivity contribution in [2.75, 3.05) is 7.11 Å². The normalized spacial score (nSPS) is 17.5. The maximum Gasteiger partial charge on any atom is 0.329 e. The van der Waals surface area contributed by atoms with Gasteiger partial charge in [0, 0.05) is 20.3 Å². The lowest BCUT2D eigenvalue weighted by molar-refractivity contribution is -0.145. The van der Waals surface area contributed by atoms with E-state index in [1.54, 1.807) is 56.3 Å². The predicted octanol–water partition coefficient (Wildman–Crippen LogP) is 2.57. The molecule has 2 amide bonds. The van der Waals surface area contributed by atoms with Crippen molar-refractivity contribution in [2.24, 2.45) is 0 Å². The van der Waals surface area contributed by atoms with E-state index in [2.05, 4.69) is 0 Å². The van der Waals surface area contributed by atoms with Gasteiger partial charge in [-0.1, -0.05) is 18.2 Å². The van der Waals surface area contributed by atoms with Crippen LogP contribution in [0.2, 0.25) is 0 Å². The monoisotopic (exact) mass is 381 g/mol. The molecule has 0 bridgehead atoms. The highest BCUT2D eigenvalue weighted by Crippen LogP contribution is 2.40. The highest BCUT2D eigenvalue weighted by atomic mass is 16.7. The first-order valence-electron chi connectivity index (χ1n) is 8.86. The molecular weight excluding hydrogens is 362 g/mol. The number of methoxy groups -OCH3 is 1. The van der Waals surface area contributed by atoms with E-state index in [-0.39, 0.29) is 17.5 Å². The zero-order valence-electron chi connectivity index (χ0n) is 15.7. The number of hydrogen-bond donors (Lipinski definition) is 0. The lowest BCUT2D eigenvalue weighted by atomic mass is 10.0. The summed E-state index contributed by atoms with van der Waals surface area (Å²) in [6.07, 6.45) is 0.106. The van der Waals surface area contributed by atoms with E-state index in [0.29, 0.717) is 17.1 Å². The Bertz CT molecular complexity index is 961. The predicted molar refractivity (Wildman–Crippen MR) is 98.2 cm³/mol. The number of benzene rings is 2. The molecule has 0 N–H and O–H groups in total. The summed E-state index contributed by atoms with van der Waals surface area (Å²) < 4.78 is 16.3. The molecule has 0 saturated carbocycles. The number of nitrogens with zero attached hydrogens (tertiary/aromatic N) is 1. The van der Waals surface area contributed by atoms with Crippen molar-refractivity contribution >= 4 is 17.8 Å². The van der Waals surface area contributed by atoms with Gasteiger partial charge in [0.1, 0.15) is 6.04 Å². The molecule has 0 fully saturated rings. The first-order valence-corrected chi connectivity index (χ1v) is 8.86. The molecule has 7 nitrogen and oxygen atoms in total. The smallest absolute Gasteiger partial charge is 0.329 e. The highest BCUT2D eigenvalue weighted by Gasteiger charge is 2.43. The quantitative estimate of drug-likeness (QED) is 0.598. The van der Waals surface area contributed by atoms with Gasteiger partial charge in [-0.25, -0.2) is 4.79 Å². The van der Waals surface area contributed by atoms with Gasteiger partial charge in [0.05, 0.1) is 18.2 Å². The van der Waals surface area contributed by atoms with Gasteiger partial charge in [-0.05, 0) is 29.8 Å². The van der Waals surface area contributed by atoms with Gasteiger partial charge >= 0.3 is 5.97 Å². The molecule has 0 saturated heterocycles. The molecule has 144 valence electrons. The van der Waals surface area contributed by atoms with Crippen LogP contribution in [0.15, 0.2) is 42.5 Å². The molecule has 0 aliphatic carbocycles. The maximum atomic E-state index is 12.8. The zero-order valence-corrected chi connectivity index (χ0v) is 15.7. The van der Waals surface area contributed by atoms with Crippen LogP contribution in [0.4, 0.5) is 0 Å². The fourth-order valence-corrected chi connectivity index (χ4v) is 3.52. The molecule has 0 spiro atoms. The number of ether oxygens (including phenoxy) is 3. The van der Waals surface area contributed by atoms with E-state index >= 15 is 0 Å². The number of carbonyl (C=O) groups excluding carboxylic acids is 3. The molecule has 2 heterocycles. The van der Waals surface area contributed by atoms with Gasteiger partial charge in [-0.3, -0.25) is 14.5 Å². The number of fused-ring (bicyclic) bond motifs is 2. The number of carbonyl (C=O) groups is 3. The third-order valence-corrected chi connectivity index (χ3v) is 4.76. The Hall–Kier alpha value is -3.35. The lowest BCUT2D eigenvalue weighted by Crippen LogP contribution is -2.46. The highest BCUT2D eigenvalue weighted by molar-refractivity contribution is 6.22. The molecule has 1 atom stereocenters. The molecule has 0 unspecified atom stereocenters. The summed E-state index contributed by atoms with van der Waals surface area (Å²) in [6, 6.07) is 10.7. The van der Waals surface area contributed by atoms with Gasteiger partial charge in [0.25, 0.3) is 11.8 Å². The Labute approximate surface area is 161 Å². The van der Waals surface area contributed by atoms with Crippen molar-refractivity contribution in [3.63, 3.8) is 0 Å². The largest absolute Gasteiger partial charge is 0.467 e. The third kappa shape index (κ3) is 2.89. The number of esters is 1. The van der Waals surface area contributed by atoms with Crippen LogP contribution >= 0.6 is 0 Å². The number of amides is 2. The minimum atomic E-state index is -1.08. The number of rotatable bonds is 4. The molecule has 0 radical (unpaired) electrons. The van der Waals surface area contributed by atoms with Crippen LogP contribution in [0.1, 0.15) is 40.1 Å². The molecule has 7 heteroatoms.